The molecule has 0 saturated carbocycles. The van der Waals surface area contributed by atoms with Gasteiger partial charge in [-0.1, -0.05) is 12.8 Å². The first-order valence-electron chi connectivity index (χ1n) is 5.75. The van der Waals surface area contributed by atoms with Crippen molar-refractivity contribution >= 4 is 17.2 Å². The van der Waals surface area contributed by atoms with Gasteiger partial charge in [-0.05, 0) is 19.4 Å². The molecule has 1 aliphatic heterocycles. The molecule has 2 rings (SSSR count). The lowest BCUT2D eigenvalue weighted by Gasteiger charge is -2.14. The monoisotopic (exact) mass is 239 g/mol. The van der Waals surface area contributed by atoms with Crippen molar-refractivity contribution in [3.8, 4) is 0 Å². The number of hydrogen-bond acceptors (Lipinski definition) is 4. The second kappa shape index (κ2) is 5.96. The lowest BCUT2D eigenvalue weighted by atomic mass is 10.1. The molecule has 5 heteroatoms. The minimum atomic E-state index is -0.00424. The number of rotatable bonds is 3. The van der Waals surface area contributed by atoms with Crippen molar-refractivity contribution < 1.29 is 4.79 Å². The molecule has 2 heterocycles. The van der Waals surface area contributed by atoms with Gasteiger partial charge in [-0.2, -0.15) is 0 Å². The smallest absolute Gasteiger partial charge is 0.237 e. The Morgan fingerprint density at radius 2 is 2.50 bits per heavy atom. The summed E-state index contributed by atoms with van der Waals surface area (Å²) in [7, 11) is 0. The molecule has 1 aromatic rings. The first-order chi connectivity index (χ1) is 7.86. The number of aromatic nitrogens is 1. The van der Waals surface area contributed by atoms with E-state index in [2.05, 4.69) is 15.6 Å². The van der Waals surface area contributed by atoms with E-state index in [0.29, 0.717) is 6.54 Å². The third kappa shape index (κ3) is 3.28. The van der Waals surface area contributed by atoms with E-state index >= 15 is 0 Å². The molecule has 1 fully saturated rings. The van der Waals surface area contributed by atoms with E-state index in [4.69, 9.17) is 0 Å². The highest BCUT2D eigenvalue weighted by molar-refractivity contribution is 7.09. The van der Waals surface area contributed by atoms with E-state index in [1.807, 2.05) is 0 Å². The Balaban J connectivity index is 1.78. The average Bonchev–Trinajstić information content (AvgIpc) is 2.66. The molecule has 88 valence electrons. The maximum Gasteiger partial charge on any atom is 0.237 e. The van der Waals surface area contributed by atoms with E-state index in [1.54, 1.807) is 23.0 Å². The molecule has 2 N–H and O–H groups in total. The molecule has 4 nitrogen and oxygen atoms in total. The van der Waals surface area contributed by atoms with Crippen LogP contribution in [0.5, 0.6) is 0 Å². The Labute approximate surface area is 99.5 Å². The van der Waals surface area contributed by atoms with Crippen molar-refractivity contribution in [3.63, 3.8) is 0 Å². The molecule has 1 aliphatic rings. The molecule has 1 amide bonds. The van der Waals surface area contributed by atoms with Gasteiger partial charge in [0.15, 0.2) is 0 Å². The third-order valence-electron chi connectivity index (χ3n) is 2.80. The zero-order chi connectivity index (χ0) is 11.2. The first-order valence-corrected chi connectivity index (χ1v) is 6.62. The van der Waals surface area contributed by atoms with Crippen LogP contribution in [0.15, 0.2) is 11.7 Å². The fourth-order valence-electron chi connectivity index (χ4n) is 1.88. The van der Waals surface area contributed by atoms with Crippen LogP contribution in [0.1, 0.15) is 30.6 Å². The van der Waals surface area contributed by atoms with Crippen molar-refractivity contribution in [3.05, 3.63) is 16.6 Å². The van der Waals surface area contributed by atoms with E-state index in [1.165, 1.54) is 12.8 Å². The predicted molar refractivity (Wildman–Crippen MR) is 64.2 cm³/mol. The van der Waals surface area contributed by atoms with Crippen LogP contribution >= 0.6 is 11.3 Å². The Bertz CT molecular complexity index is 318. The number of hydrogen-bond donors (Lipinski definition) is 2. The lowest BCUT2D eigenvalue weighted by molar-refractivity contribution is -0.123. The molecular formula is C11H17N3OS. The standard InChI is InChI=1S/C11H17N3OS/c15-11(10-4-2-1-3-5-13-10)14-7-9-6-12-8-16-9/h6,8,10,13H,1-5,7H2,(H,14,15). The van der Waals surface area contributed by atoms with Gasteiger partial charge in [0.2, 0.25) is 5.91 Å². The molecule has 0 bridgehead atoms. The van der Waals surface area contributed by atoms with Crippen molar-refractivity contribution in [2.24, 2.45) is 0 Å². The van der Waals surface area contributed by atoms with Crippen molar-refractivity contribution in [1.82, 2.24) is 15.6 Å². The van der Waals surface area contributed by atoms with Crippen LogP contribution < -0.4 is 10.6 Å². The molecule has 1 saturated heterocycles. The summed E-state index contributed by atoms with van der Waals surface area (Å²) in [4.78, 5) is 16.9. The summed E-state index contributed by atoms with van der Waals surface area (Å²) in [5.41, 5.74) is 1.78. The van der Waals surface area contributed by atoms with Crippen molar-refractivity contribution in [1.29, 1.82) is 0 Å². The summed E-state index contributed by atoms with van der Waals surface area (Å²) in [6, 6.07) is -0.00424. The van der Waals surface area contributed by atoms with Gasteiger partial charge in [-0.3, -0.25) is 9.78 Å². The van der Waals surface area contributed by atoms with Crippen molar-refractivity contribution in [2.75, 3.05) is 6.54 Å². The van der Waals surface area contributed by atoms with Gasteiger partial charge < -0.3 is 10.6 Å². The largest absolute Gasteiger partial charge is 0.350 e. The third-order valence-corrected chi connectivity index (χ3v) is 3.58. The molecule has 1 unspecified atom stereocenters. The topological polar surface area (TPSA) is 54.0 Å². The van der Waals surface area contributed by atoms with Crippen LogP contribution in [0.25, 0.3) is 0 Å². The SMILES string of the molecule is O=C(NCc1cncs1)C1CCCCCN1. The molecule has 0 spiro atoms. The summed E-state index contributed by atoms with van der Waals surface area (Å²) in [5.74, 6) is 0.121. The van der Waals surface area contributed by atoms with Gasteiger partial charge in [-0.15, -0.1) is 11.3 Å². The molecule has 0 radical (unpaired) electrons. The number of amides is 1. The van der Waals surface area contributed by atoms with E-state index in [0.717, 1.165) is 24.3 Å². The maximum atomic E-state index is 11.9. The highest BCUT2D eigenvalue weighted by atomic mass is 32.1. The van der Waals surface area contributed by atoms with Crippen LogP contribution in [-0.4, -0.2) is 23.5 Å². The molecular weight excluding hydrogens is 222 g/mol. The predicted octanol–water partition coefficient (Wildman–Crippen LogP) is 1.29. The van der Waals surface area contributed by atoms with Gasteiger partial charge >= 0.3 is 0 Å². The fourth-order valence-corrected chi connectivity index (χ4v) is 2.41. The van der Waals surface area contributed by atoms with Gasteiger partial charge in [0.1, 0.15) is 0 Å². The fraction of sp³-hybridized carbons (Fsp3) is 0.636. The summed E-state index contributed by atoms with van der Waals surface area (Å²) in [5, 5.41) is 6.24. The number of nitrogens with zero attached hydrogens (tertiary/aromatic N) is 1. The second-order valence-electron chi connectivity index (χ2n) is 4.04. The molecule has 16 heavy (non-hydrogen) atoms. The van der Waals surface area contributed by atoms with Crippen LogP contribution in [0.2, 0.25) is 0 Å². The number of nitrogens with one attached hydrogen (secondary N) is 2. The van der Waals surface area contributed by atoms with E-state index in [9.17, 15) is 4.79 Å². The molecule has 0 aromatic carbocycles. The van der Waals surface area contributed by atoms with Crippen LogP contribution in [0.3, 0.4) is 0 Å². The maximum absolute atomic E-state index is 11.9. The number of carbonyl (C=O) groups excluding carboxylic acids is 1. The van der Waals surface area contributed by atoms with Gasteiger partial charge in [-0.25, -0.2) is 0 Å². The van der Waals surface area contributed by atoms with E-state index in [-0.39, 0.29) is 11.9 Å². The van der Waals surface area contributed by atoms with Gasteiger partial charge in [0, 0.05) is 11.1 Å². The number of carbonyl (C=O) groups is 1. The average molecular weight is 239 g/mol. The van der Waals surface area contributed by atoms with Crippen molar-refractivity contribution in [2.45, 2.75) is 38.3 Å². The highest BCUT2D eigenvalue weighted by Gasteiger charge is 2.18. The second-order valence-corrected chi connectivity index (χ2v) is 5.01. The van der Waals surface area contributed by atoms with Crippen LogP contribution in [-0.2, 0) is 11.3 Å². The normalized spacial score (nSPS) is 21.4. The van der Waals surface area contributed by atoms with Crippen LogP contribution in [0, 0.1) is 0 Å². The minimum Gasteiger partial charge on any atom is -0.350 e. The Morgan fingerprint density at radius 3 is 3.31 bits per heavy atom. The Kier molecular flexibility index (Phi) is 4.30. The Morgan fingerprint density at radius 1 is 1.56 bits per heavy atom. The van der Waals surface area contributed by atoms with E-state index < -0.39 is 0 Å². The minimum absolute atomic E-state index is 0.00424. The van der Waals surface area contributed by atoms with Gasteiger partial charge in [0.05, 0.1) is 18.1 Å². The Hall–Kier alpha value is -0.940. The summed E-state index contributed by atoms with van der Waals surface area (Å²) >= 11 is 1.57. The van der Waals surface area contributed by atoms with Gasteiger partial charge in [0.25, 0.3) is 0 Å². The first kappa shape index (κ1) is 11.5. The summed E-state index contributed by atoms with van der Waals surface area (Å²) in [6.45, 7) is 1.56. The zero-order valence-electron chi connectivity index (χ0n) is 9.24. The molecule has 0 aliphatic carbocycles. The lowest BCUT2D eigenvalue weighted by Crippen LogP contribution is -2.43. The highest BCUT2D eigenvalue weighted by Crippen LogP contribution is 2.09. The van der Waals surface area contributed by atoms with Crippen LogP contribution in [0.4, 0.5) is 0 Å². The summed E-state index contributed by atoms with van der Waals surface area (Å²) in [6.07, 6.45) is 6.30. The molecule has 1 aromatic heterocycles. The molecule has 1 atom stereocenters. The summed E-state index contributed by atoms with van der Waals surface area (Å²) < 4.78 is 0. The zero-order valence-corrected chi connectivity index (χ0v) is 10.1. The quantitative estimate of drug-likeness (QED) is 0.835. The number of thiazole rings is 1.